The van der Waals surface area contributed by atoms with Gasteiger partial charge >= 0.3 is 6.09 Å². The van der Waals surface area contributed by atoms with Crippen molar-refractivity contribution in [1.82, 2.24) is 4.90 Å². The second kappa shape index (κ2) is 3.72. The first-order valence-electron chi connectivity index (χ1n) is 6.29. The van der Waals surface area contributed by atoms with Crippen LogP contribution in [0.15, 0.2) is 0 Å². The van der Waals surface area contributed by atoms with Gasteiger partial charge in [0.1, 0.15) is 0 Å². The first kappa shape index (κ1) is 12.9. The van der Waals surface area contributed by atoms with E-state index in [1.165, 1.54) is 4.90 Å². The first-order valence-corrected chi connectivity index (χ1v) is 9.20. The number of carboxylic acid groups (broad SMARTS) is 1. The van der Waals surface area contributed by atoms with Crippen molar-refractivity contribution in [3.8, 4) is 0 Å². The van der Waals surface area contributed by atoms with Crippen molar-refractivity contribution in [3.05, 3.63) is 0 Å². The zero-order valence-corrected chi connectivity index (χ0v) is 12.4. The van der Waals surface area contributed by atoms with E-state index in [0.717, 1.165) is 0 Å². The quantitative estimate of drug-likeness (QED) is 0.774. The topological polar surface area (TPSA) is 49.8 Å². The molecule has 1 aliphatic heterocycles. The molecule has 4 nitrogen and oxygen atoms in total. The largest absolute Gasteiger partial charge is 0.465 e. The van der Waals surface area contributed by atoms with Crippen LogP contribution in [0.5, 0.6) is 0 Å². The van der Waals surface area contributed by atoms with E-state index < -0.39 is 14.4 Å². The van der Waals surface area contributed by atoms with E-state index in [9.17, 15) is 4.79 Å². The summed E-state index contributed by atoms with van der Waals surface area (Å²) in [6, 6.07) is 0. The van der Waals surface area contributed by atoms with Gasteiger partial charge in [-0.15, -0.1) is 0 Å². The number of piperidine rings is 1. The predicted octanol–water partition coefficient (Wildman–Crippen LogP) is 2.62. The van der Waals surface area contributed by atoms with Gasteiger partial charge in [-0.1, -0.05) is 20.8 Å². The number of carbonyl (C=O) groups is 1. The summed E-state index contributed by atoms with van der Waals surface area (Å²) in [7, 11) is -1.69. The van der Waals surface area contributed by atoms with Crippen molar-refractivity contribution in [3.63, 3.8) is 0 Å². The lowest BCUT2D eigenvalue weighted by molar-refractivity contribution is 0.138. The van der Waals surface area contributed by atoms with E-state index in [-0.39, 0.29) is 5.04 Å². The lowest BCUT2D eigenvalue weighted by Gasteiger charge is -2.37. The van der Waals surface area contributed by atoms with Crippen molar-refractivity contribution in [2.75, 3.05) is 13.1 Å². The van der Waals surface area contributed by atoms with E-state index in [1.54, 1.807) is 0 Å². The lowest BCUT2D eigenvalue weighted by Crippen LogP contribution is -2.43. The van der Waals surface area contributed by atoms with Crippen molar-refractivity contribution in [2.24, 2.45) is 11.8 Å². The Balaban J connectivity index is 1.89. The fourth-order valence-corrected chi connectivity index (χ4v) is 3.70. The fourth-order valence-electron chi connectivity index (χ4n) is 2.32. The molecule has 2 atom stereocenters. The highest BCUT2D eigenvalue weighted by Crippen LogP contribution is 2.51. The molecule has 1 saturated carbocycles. The highest BCUT2D eigenvalue weighted by Gasteiger charge is 2.60. The molecule has 0 spiro atoms. The summed E-state index contributed by atoms with van der Waals surface area (Å²) >= 11 is 0. The van der Waals surface area contributed by atoms with Gasteiger partial charge in [0, 0.05) is 24.9 Å². The summed E-state index contributed by atoms with van der Waals surface area (Å²) in [4.78, 5) is 12.3. The van der Waals surface area contributed by atoms with Crippen molar-refractivity contribution in [2.45, 2.75) is 45.0 Å². The summed E-state index contributed by atoms with van der Waals surface area (Å²) in [5.74, 6) is 0.917. The average molecular weight is 257 g/mol. The van der Waals surface area contributed by atoms with Crippen LogP contribution >= 0.6 is 0 Å². The molecule has 17 heavy (non-hydrogen) atoms. The monoisotopic (exact) mass is 257 g/mol. The molecule has 1 saturated heterocycles. The molecule has 2 unspecified atom stereocenters. The molecule has 2 aliphatic rings. The van der Waals surface area contributed by atoms with Gasteiger partial charge in [-0.2, -0.15) is 0 Å². The van der Waals surface area contributed by atoms with Gasteiger partial charge in [0.25, 0.3) is 0 Å². The maximum atomic E-state index is 10.8. The molecular weight excluding hydrogens is 234 g/mol. The molecule has 5 heteroatoms. The molecule has 0 bridgehead atoms. The number of nitrogens with zero attached hydrogens (tertiary/aromatic N) is 1. The number of hydrogen-bond donors (Lipinski definition) is 1. The van der Waals surface area contributed by atoms with Crippen molar-refractivity contribution >= 4 is 14.4 Å². The molecule has 1 amide bonds. The summed E-state index contributed by atoms with van der Waals surface area (Å²) in [6.07, 6.45) is -0.463. The van der Waals surface area contributed by atoms with Crippen molar-refractivity contribution < 1.29 is 14.3 Å². The fraction of sp³-hybridized carbons (Fsp3) is 0.917. The van der Waals surface area contributed by atoms with Gasteiger partial charge in [0.2, 0.25) is 0 Å². The Hall–Kier alpha value is -0.553. The van der Waals surface area contributed by atoms with Crippen LogP contribution in [0.4, 0.5) is 4.79 Å². The van der Waals surface area contributed by atoms with Crippen LogP contribution < -0.4 is 0 Å². The standard InChI is InChI=1S/C12H23NO3Si/c1-12(2,3)17(4,5)16-10-8-6-13(11(14)15)7-9(8)10/h8-10H,6-7H2,1-5H3,(H,14,15). The molecule has 1 aliphatic carbocycles. The van der Waals surface area contributed by atoms with Gasteiger partial charge in [-0.3, -0.25) is 0 Å². The molecule has 1 N–H and O–H groups in total. The predicted molar refractivity (Wildman–Crippen MR) is 68.6 cm³/mol. The van der Waals surface area contributed by atoms with Crippen LogP contribution in [0.25, 0.3) is 0 Å². The molecule has 0 radical (unpaired) electrons. The Morgan fingerprint density at radius 1 is 1.29 bits per heavy atom. The second-order valence-electron chi connectivity index (χ2n) is 6.86. The van der Waals surface area contributed by atoms with Gasteiger partial charge in [-0.05, 0) is 18.1 Å². The van der Waals surface area contributed by atoms with Crippen LogP contribution in [-0.2, 0) is 4.43 Å². The Kier molecular flexibility index (Phi) is 2.82. The van der Waals surface area contributed by atoms with Gasteiger partial charge in [-0.25, -0.2) is 4.79 Å². The summed E-state index contributed by atoms with van der Waals surface area (Å²) in [5.41, 5.74) is 0. The number of likely N-dealkylation sites (tertiary alicyclic amines) is 1. The van der Waals surface area contributed by atoms with Gasteiger partial charge in [0.05, 0.1) is 6.10 Å². The second-order valence-corrected chi connectivity index (χ2v) is 11.6. The molecule has 1 heterocycles. The Labute approximate surface area is 104 Å². The van der Waals surface area contributed by atoms with Gasteiger partial charge in [0.15, 0.2) is 8.32 Å². The minimum absolute atomic E-state index is 0.233. The molecule has 2 rings (SSSR count). The number of rotatable bonds is 2. The molecular formula is C12H23NO3Si. The van der Waals surface area contributed by atoms with Crippen molar-refractivity contribution in [1.29, 1.82) is 0 Å². The van der Waals surface area contributed by atoms with Crippen LogP contribution in [-0.4, -0.2) is 43.6 Å². The number of hydrogen-bond acceptors (Lipinski definition) is 2. The number of fused-ring (bicyclic) bond motifs is 1. The van der Waals surface area contributed by atoms with E-state index in [2.05, 4.69) is 33.9 Å². The lowest BCUT2D eigenvalue weighted by atomic mass is 10.2. The SMILES string of the molecule is CC(C)(C)[Si](C)(C)OC1C2CN(C(=O)O)CC21. The van der Waals surface area contributed by atoms with E-state index >= 15 is 0 Å². The smallest absolute Gasteiger partial charge is 0.407 e. The van der Waals surface area contributed by atoms with E-state index in [4.69, 9.17) is 9.53 Å². The maximum Gasteiger partial charge on any atom is 0.407 e. The molecule has 98 valence electrons. The summed E-state index contributed by atoms with van der Waals surface area (Å²) in [6.45, 7) is 12.6. The Morgan fingerprint density at radius 2 is 1.76 bits per heavy atom. The molecule has 0 aromatic heterocycles. The highest BCUT2D eigenvalue weighted by atomic mass is 28.4. The normalized spacial score (nSPS) is 32.5. The van der Waals surface area contributed by atoms with Crippen LogP contribution in [0.2, 0.25) is 18.1 Å². The summed E-state index contributed by atoms with van der Waals surface area (Å²) in [5, 5.41) is 9.13. The van der Waals surface area contributed by atoms with Crippen LogP contribution in [0.1, 0.15) is 20.8 Å². The molecule has 2 fully saturated rings. The third-order valence-electron chi connectivity index (χ3n) is 4.62. The molecule has 0 aromatic carbocycles. The minimum Gasteiger partial charge on any atom is -0.465 e. The zero-order chi connectivity index (χ0) is 13.0. The highest BCUT2D eigenvalue weighted by molar-refractivity contribution is 6.74. The van der Waals surface area contributed by atoms with Crippen LogP contribution in [0.3, 0.4) is 0 Å². The van der Waals surface area contributed by atoms with E-state index in [1.807, 2.05) is 0 Å². The van der Waals surface area contributed by atoms with Crippen LogP contribution in [0, 0.1) is 11.8 Å². The Bertz CT molecular complexity index is 325. The molecule has 0 aromatic rings. The minimum atomic E-state index is -1.69. The number of amides is 1. The third-order valence-corrected chi connectivity index (χ3v) is 9.10. The first-order chi connectivity index (χ1) is 7.63. The maximum absolute atomic E-state index is 10.8. The Morgan fingerprint density at radius 3 is 2.12 bits per heavy atom. The van der Waals surface area contributed by atoms with Gasteiger partial charge < -0.3 is 14.4 Å². The third kappa shape index (κ3) is 2.22. The van der Waals surface area contributed by atoms with E-state index in [0.29, 0.717) is 31.0 Å². The zero-order valence-electron chi connectivity index (χ0n) is 11.4. The summed E-state index contributed by atoms with van der Waals surface area (Å²) < 4.78 is 6.33. The average Bonchev–Trinajstić information content (AvgIpc) is 2.58.